The van der Waals surface area contributed by atoms with Crippen LogP contribution in [-0.2, 0) is 6.61 Å². The van der Waals surface area contributed by atoms with Crippen LogP contribution in [0.1, 0.15) is 15.9 Å². The van der Waals surface area contributed by atoms with Crippen molar-refractivity contribution in [3.63, 3.8) is 0 Å². The Labute approximate surface area is 151 Å². The largest absolute Gasteiger partial charge is 0.494 e. The third kappa shape index (κ3) is 4.39. The smallest absolute Gasteiger partial charge is 0.255 e. The molecule has 0 saturated carbocycles. The van der Waals surface area contributed by atoms with Gasteiger partial charge in [0.25, 0.3) is 5.91 Å². The normalized spacial score (nSPS) is 10.2. The van der Waals surface area contributed by atoms with Gasteiger partial charge in [-0.2, -0.15) is 0 Å². The molecule has 0 aromatic heterocycles. The molecule has 0 atom stereocenters. The van der Waals surface area contributed by atoms with Crippen LogP contribution in [0.2, 0.25) is 0 Å². The molecule has 1 N–H and O–H groups in total. The van der Waals surface area contributed by atoms with E-state index in [0.717, 1.165) is 0 Å². The lowest BCUT2D eigenvalue weighted by Gasteiger charge is -2.09. The van der Waals surface area contributed by atoms with E-state index in [4.69, 9.17) is 9.47 Å². The summed E-state index contributed by atoms with van der Waals surface area (Å²) in [6, 6.07) is 20.7. The Morgan fingerprint density at radius 3 is 2.38 bits per heavy atom. The number of ether oxygens (including phenoxy) is 2. The molecule has 3 aromatic rings. The van der Waals surface area contributed by atoms with Crippen LogP contribution in [-0.4, -0.2) is 13.0 Å². The molecule has 1 amide bonds. The Morgan fingerprint density at radius 1 is 1.00 bits per heavy atom. The number of anilines is 1. The summed E-state index contributed by atoms with van der Waals surface area (Å²) in [5.74, 6) is 0.228. The van der Waals surface area contributed by atoms with Crippen molar-refractivity contribution in [1.82, 2.24) is 0 Å². The summed E-state index contributed by atoms with van der Waals surface area (Å²) in [6.45, 7) is 0.233. The maximum atomic E-state index is 13.7. The number of benzene rings is 3. The number of nitrogens with one attached hydrogen (secondary N) is 1. The van der Waals surface area contributed by atoms with Crippen LogP contribution in [0, 0.1) is 5.82 Å². The van der Waals surface area contributed by atoms with Crippen LogP contribution in [0.15, 0.2) is 72.8 Å². The monoisotopic (exact) mass is 351 g/mol. The summed E-state index contributed by atoms with van der Waals surface area (Å²) < 4.78 is 24.2. The van der Waals surface area contributed by atoms with Crippen LogP contribution in [0.4, 0.5) is 10.1 Å². The highest BCUT2D eigenvalue weighted by atomic mass is 19.1. The molecule has 3 rings (SSSR count). The van der Waals surface area contributed by atoms with Gasteiger partial charge < -0.3 is 14.8 Å². The fourth-order valence-corrected chi connectivity index (χ4v) is 2.39. The summed E-state index contributed by atoms with van der Waals surface area (Å²) in [5.41, 5.74) is 1.96. The van der Waals surface area contributed by atoms with Crippen LogP contribution >= 0.6 is 0 Å². The van der Waals surface area contributed by atoms with Gasteiger partial charge in [-0.15, -0.1) is 0 Å². The number of methoxy groups -OCH3 is 1. The molecule has 0 aliphatic heterocycles. The van der Waals surface area contributed by atoms with Gasteiger partial charge in [0.2, 0.25) is 0 Å². The van der Waals surface area contributed by atoms with Gasteiger partial charge in [0, 0.05) is 11.3 Å². The van der Waals surface area contributed by atoms with E-state index >= 15 is 0 Å². The van der Waals surface area contributed by atoms with E-state index < -0.39 is 5.82 Å². The van der Waals surface area contributed by atoms with Crippen LogP contribution in [0.3, 0.4) is 0 Å². The Kier molecular flexibility index (Phi) is 5.49. The highest BCUT2D eigenvalue weighted by Gasteiger charge is 2.06. The average Bonchev–Trinajstić information content (AvgIpc) is 2.68. The van der Waals surface area contributed by atoms with Crippen LogP contribution < -0.4 is 14.8 Å². The zero-order chi connectivity index (χ0) is 18.4. The first-order chi connectivity index (χ1) is 12.7. The first-order valence-electron chi connectivity index (χ1n) is 8.07. The van der Waals surface area contributed by atoms with Crippen molar-refractivity contribution in [3.05, 3.63) is 89.7 Å². The summed E-state index contributed by atoms with van der Waals surface area (Å²) in [7, 11) is 1.42. The van der Waals surface area contributed by atoms with E-state index in [1.165, 1.54) is 13.2 Å². The predicted molar refractivity (Wildman–Crippen MR) is 98.1 cm³/mol. The molecule has 0 unspecified atom stereocenters. The van der Waals surface area contributed by atoms with Gasteiger partial charge in [-0.25, -0.2) is 4.39 Å². The van der Waals surface area contributed by atoms with E-state index in [1.54, 1.807) is 48.5 Å². The van der Waals surface area contributed by atoms with Crippen molar-refractivity contribution >= 4 is 11.6 Å². The minimum absolute atomic E-state index is 0.173. The summed E-state index contributed by atoms with van der Waals surface area (Å²) in [5, 5.41) is 2.82. The van der Waals surface area contributed by atoms with Gasteiger partial charge in [0.1, 0.15) is 12.4 Å². The molecule has 0 aliphatic rings. The molecule has 0 heterocycles. The van der Waals surface area contributed by atoms with Gasteiger partial charge in [-0.3, -0.25) is 4.79 Å². The van der Waals surface area contributed by atoms with E-state index in [1.807, 2.05) is 18.2 Å². The van der Waals surface area contributed by atoms with Crippen molar-refractivity contribution in [1.29, 1.82) is 0 Å². The Hall–Kier alpha value is -3.34. The highest BCUT2D eigenvalue weighted by molar-refractivity contribution is 6.04. The summed E-state index contributed by atoms with van der Waals surface area (Å²) >= 11 is 0. The number of rotatable bonds is 6. The van der Waals surface area contributed by atoms with Crippen molar-refractivity contribution < 1.29 is 18.7 Å². The zero-order valence-electron chi connectivity index (χ0n) is 14.2. The zero-order valence-corrected chi connectivity index (χ0v) is 14.2. The Morgan fingerprint density at radius 2 is 1.73 bits per heavy atom. The molecule has 132 valence electrons. The predicted octanol–water partition coefficient (Wildman–Crippen LogP) is 4.67. The van der Waals surface area contributed by atoms with E-state index in [9.17, 15) is 9.18 Å². The quantitative estimate of drug-likeness (QED) is 0.702. The topological polar surface area (TPSA) is 47.6 Å². The maximum absolute atomic E-state index is 13.7. The minimum Gasteiger partial charge on any atom is -0.494 e. The molecule has 0 bridgehead atoms. The molecular weight excluding hydrogens is 333 g/mol. The molecule has 26 heavy (non-hydrogen) atoms. The molecule has 0 saturated heterocycles. The van der Waals surface area contributed by atoms with E-state index in [-0.39, 0.29) is 18.3 Å². The van der Waals surface area contributed by atoms with Crippen LogP contribution in [0.5, 0.6) is 11.5 Å². The Bertz CT molecular complexity index is 880. The summed E-state index contributed by atoms with van der Waals surface area (Å²) in [4.78, 5) is 12.1. The number of halogens is 1. The molecular formula is C21H18FNO3. The average molecular weight is 351 g/mol. The Balaban J connectivity index is 1.58. The van der Waals surface area contributed by atoms with Crippen molar-refractivity contribution in [3.8, 4) is 11.5 Å². The van der Waals surface area contributed by atoms with Crippen molar-refractivity contribution in [2.75, 3.05) is 12.4 Å². The number of hydrogen-bond acceptors (Lipinski definition) is 3. The SMILES string of the molecule is COc1ccc(COc2ccc(NC(=O)c3ccccc3)cc2)cc1F. The third-order valence-electron chi connectivity index (χ3n) is 3.77. The number of carbonyl (C=O) groups is 1. The second-order valence-corrected chi connectivity index (χ2v) is 5.60. The number of hydrogen-bond donors (Lipinski definition) is 1. The van der Waals surface area contributed by atoms with Gasteiger partial charge in [-0.1, -0.05) is 24.3 Å². The molecule has 0 radical (unpaired) electrons. The molecule has 0 fully saturated rings. The highest BCUT2D eigenvalue weighted by Crippen LogP contribution is 2.21. The first kappa shape index (κ1) is 17.5. The lowest BCUT2D eigenvalue weighted by Crippen LogP contribution is -2.11. The van der Waals surface area contributed by atoms with Crippen LogP contribution in [0.25, 0.3) is 0 Å². The molecule has 0 aliphatic carbocycles. The second-order valence-electron chi connectivity index (χ2n) is 5.60. The third-order valence-corrected chi connectivity index (χ3v) is 3.77. The van der Waals surface area contributed by atoms with E-state index in [0.29, 0.717) is 22.6 Å². The lowest BCUT2D eigenvalue weighted by atomic mass is 10.2. The van der Waals surface area contributed by atoms with Crippen molar-refractivity contribution in [2.45, 2.75) is 6.61 Å². The fourth-order valence-electron chi connectivity index (χ4n) is 2.39. The van der Waals surface area contributed by atoms with Gasteiger partial charge in [0.05, 0.1) is 7.11 Å². The van der Waals surface area contributed by atoms with Crippen molar-refractivity contribution in [2.24, 2.45) is 0 Å². The van der Waals surface area contributed by atoms with Gasteiger partial charge in [-0.05, 0) is 54.1 Å². The number of carbonyl (C=O) groups excluding carboxylic acids is 1. The molecule has 0 spiro atoms. The standard InChI is InChI=1S/C21H18FNO3/c1-25-20-12-7-15(13-19(20)22)14-26-18-10-8-17(9-11-18)23-21(24)16-5-3-2-4-6-16/h2-13H,14H2,1H3,(H,23,24). The molecule has 3 aromatic carbocycles. The maximum Gasteiger partial charge on any atom is 0.255 e. The summed E-state index contributed by atoms with van der Waals surface area (Å²) in [6.07, 6.45) is 0. The fraction of sp³-hybridized carbons (Fsp3) is 0.0952. The van der Waals surface area contributed by atoms with E-state index in [2.05, 4.69) is 5.32 Å². The first-order valence-corrected chi connectivity index (χ1v) is 8.07. The minimum atomic E-state index is -0.424. The molecule has 4 nitrogen and oxygen atoms in total. The lowest BCUT2D eigenvalue weighted by molar-refractivity contribution is 0.102. The van der Waals surface area contributed by atoms with Gasteiger partial charge in [0.15, 0.2) is 11.6 Å². The second kappa shape index (κ2) is 8.16. The molecule has 5 heteroatoms. The number of amides is 1. The van der Waals surface area contributed by atoms with Gasteiger partial charge >= 0.3 is 0 Å².